The summed E-state index contributed by atoms with van der Waals surface area (Å²) in [5.74, 6) is 0.821. The standard InChI is InChI=1S/C16H20N2O2/c1-12(17)16(15-8-3-4-9-18-15)20-11-13-6-5-7-14(10-13)19-2/h3-10,12,16H,11,17H2,1-2H3. The smallest absolute Gasteiger partial charge is 0.119 e. The molecule has 0 spiro atoms. The van der Waals surface area contributed by atoms with Crippen LogP contribution < -0.4 is 10.5 Å². The normalized spacial score (nSPS) is 13.8. The highest BCUT2D eigenvalue weighted by atomic mass is 16.5. The van der Waals surface area contributed by atoms with Crippen molar-refractivity contribution in [1.82, 2.24) is 4.98 Å². The van der Waals surface area contributed by atoms with Gasteiger partial charge < -0.3 is 15.2 Å². The molecular weight excluding hydrogens is 252 g/mol. The van der Waals surface area contributed by atoms with Gasteiger partial charge in [0.05, 0.1) is 19.4 Å². The predicted octanol–water partition coefficient (Wildman–Crippen LogP) is 2.70. The number of nitrogens with two attached hydrogens (primary N) is 1. The largest absolute Gasteiger partial charge is 0.497 e. The summed E-state index contributed by atoms with van der Waals surface area (Å²) < 4.78 is 11.1. The first-order valence-electron chi connectivity index (χ1n) is 6.61. The molecule has 1 heterocycles. The molecule has 0 fully saturated rings. The van der Waals surface area contributed by atoms with Crippen LogP contribution in [-0.4, -0.2) is 18.1 Å². The average molecular weight is 272 g/mol. The van der Waals surface area contributed by atoms with Crippen molar-refractivity contribution in [2.75, 3.05) is 7.11 Å². The molecule has 2 rings (SSSR count). The third-order valence-corrected chi connectivity index (χ3v) is 3.02. The lowest BCUT2D eigenvalue weighted by atomic mass is 10.1. The first kappa shape index (κ1) is 14.5. The number of nitrogens with zero attached hydrogens (tertiary/aromatic N) is 1. The molecule has 2 N–H and O–H groups in total. The van der Waals surface area contributed by atoms with E-state index >= 15 is 0 Å². The number of hydrogen-bond donors (Lipinski definition) is 1. The van der Waals surface area contributed by atoms with Crippen LogP contribution in [0.1, 0.15) is 24.3 Å². The van der Waals surface area contributed by atoms with Gasteiger partial charge in [-0.2, -0.15) is 0 Å². The lowest BCUT2D eigenvalue weighted by Gasteiger charge is -2.21. The zero-order chi connectivity index (χ0) is 14.4. The van der Waals surface area contributed by atoms with Crippen LogP contribution in [0.25, 0.3) is 0 Å². The van der Waals surface area contributed by atoms with Gasteiger partial charge in [-0.3, -0.25) is 4.98 Å². The summed E-state index contributed by atoms with van der Waals surface area (Å²) in [4.78, 5) is 4.32. The van der Waals surface area contributed by atoms with Crippen molar-refractivity contribution in [3.63, 3.8) is 0 Å². The Labute approximate surface area is 119 Å². The molecule has 0 amide bonds. The van der Waals surface area contributed by atoms with Crippen LogP contribution in [0, 0.1) is 0 Å². The molecule has 0 saturated heterocycles. The van der Waals surface area contributed by atoms with E-state index in [9.17, 15) is 0 Å². The maximum absolute atomic E-state index is 6.00. The molecule has 0 bridgehead atoms. The summed E-state index contributed by atoms with van der Waals surface area (Å²) >= 11 is 0. The number of hydrogen-bond acceptors (Lipinski definition) is 4. The molecule has 0 radical (unpaired) electrons. The number of rotatable bonds is 6. The molecule has 2 unspecified atom stereocenters. The highest BCUT2D eigenvalue weighted by molar-refractivity contribution is 5.28. The second kappa shape index (κ2) is 7.03. The van der Waals surface area contributed by atoms with Crippen molar-refractivity contribution < 1.29 is 9.47 Å². The van der Waals surface area contributed by atoms with Crippen molar-refractivity contribution in [3.8, 4) is 5.75 Å². The number of methoxy groups -OCH3 is 1. The van der Waals surface area contributed by atoms with Crippen molar-refractivity contribution in [2.45, 2.75) is 25.7 Å². The fourth-order valence-electron chi connectivity index (χ4n) is 2.00. The minimum Gasteiger partial charge on any atom is -0.497 e. The zero-order valence-electron chi connectivity index (χ0n) is 11.8. The molecule has 0 aliphatic carbocycles. The molecule has 1 aromatic heterocycles. The van der Waals surface area contributed by atoms with Crippen molar-refractivity contribution in [1.29, 1.82) is 0 Å². The summed E-state index contributed by atoms with van der Waals surface area (Å²) in [6, 6.07) is 13.4. The van der Waals surface area contributed by atoms with E-state index in [4.69, 9.17) is 15.2 Å². The van der Waals surface area contributed by atoms with Gasteiger partial charge >= 0.3 is 0 Å². The minimum atomic E-state index is -0.220. The Kier molecular flexibility index (Phi) is 5.09. The van der Waals surface area contributed by atoms with Gasteiger partial charge in [0.2, 0.25) is 0 Å². The highest BCUT2D eigenvalue weighted by Crippen LogP contribution is 2.21. The quantitative estimate of drug-likeness (QED) is 0.878. The fraction of sp³-hybridized carbons (Fsp3) is 0.312. The summed E-state index contributed by atoms with van der Waals surface area (Å²) in [6.07, 6.45) is 1.53. The van der Waals surface area contributed by atoms with Crippen LogP contribution in [0.5, 0.6) is 5.75 Å². The molecule has 0 saturated carbocycles. The van der Waals surface area contributed by atoms with Gasteiger partial charge in [-0.1, -0.05) is 18.2 Å². The topological polar surface area (TPSA) is 57.4 Å². The van der Waals surface area contributed by atoms with Gasteiger partial charge in [0.1, 0.15) is 11.9 Å². The van der Waals surface area contributed by atoms with Crippen molar-refractivity contribution in [3.05, 3.63) is 59.9 Å². The molecule has 2 atom stereocenters. The number of benzene rings is 1. The maximum Gasteiger partial charge on any atom is 0.119 e. The van der Waals surface area contributed by atoms with Gasteiger partial charge in [-0.25, -0.2) is 0 Å². The molecule has 4 heteroatoms. The molecule has 1 aromatic carbocycles. The molecule has 4 nitrogen and oxygen atoms in total. The Morgan fingerprint density at radius 3 is 2.70 bits per heavy atom. The number of aromatic nitrogens is 1. The van der Waals surface area contributed by atoms with E-state index in [0.29, 0.717) is 6.61 Å². The van der Waals surface area contributed by atoms with Crippen molar-refractivity contribution in [2.24, 2.45) is 5.73 Å². The minimum absolute atomic E-state index is 0.129. The van der Waals surface area contributed by atoms with Gasteiger partial charge in [0, 0.05) is 12.2 Å². The molecular formula is C16H20N2O2. The van der Waals surface area contributed by atoms with Crippen LogP contribution in [0.2, 0.25) is 0 Å². The SMILES string of the molecule is COc1cccc(COC(c2ccccn2)C(C)N)c1. The predicted molar refractivity (Wildman–Crippen MR) is 78.4 cm³/mol. The van der Waals surface area contributed by atoms with E-state index in [1.54, 1.807) is 13.3 Å². The first-order valence-corrected chi connectivity index (χ1v) is 6.61. The second-order valence-electron chi connectivity index (χ2n) is 4.70. The Bertz CT molecular complexity index is 529. The molecule has 20 heavy (non-hydrogen) atoms. The number of ether oxygens (including phenoxy) is 2. The third kappa shape index (κ3) is 3.79. The van der Waals surface area contributed by atoms with E-state index in [0.717, 1.165) is 17.0 Å². The lowest BCUT2D eigenvalue weighted by Crippen LogP contribution is -2.27. The van der Waals surface area contributed by atoms with Crippen molar-refractivity contribution >= 4 is 0 Å². The molecule has 0 aliphatic heterocycles. The second-order valence-corrected chi connectivity index (χ2v) is 4.70. The molecule has 0 aliphatic rings. The first-order chi connectivity index (χ1) is 9.70. The van der Waals surface area contributed by atoms with Crippen LogP contribution in [0.3, 0.4) is 0 Å². The van der Waals surface area contributed by atoms with Crippen LogP contribution in [-0.2, 0) is 11.3 Å². The van der Waals surface area contributed by atoms with Gasteiger partial charge in [-0.05, 0) is 36.8 Å². The summed E-state index contributed by atoms with van der Waals surface area (Å²) in [6.45, 7) is 2.39. The Hall–Kier alpha value is -1.91. The highest BCUT2D eigenvalue weighted by Gasteiger charge is 2.18. The maximum atomic E-state index is 6.00. The Balaban J connectivity index is 2.06. The Morgan fingerprint density at radius 1 is 1.20 bits per heavy atom. The summed E-state index contributed by atoms with van der Waals surface area (Å²) in [5.41, 5.74) is 7.90. The van der Waals surface area contributed by atoms with Gasteiger partial charge in [0.25, 0.3) is 0 Å². The van der Waals surface area contributed by atoms with E-state index in [1.165, 1.54) is 0 Å². The van der Waals surface area contributed by atoms with Gasteiger partial charge in [-0.15, -0.1) is 0 Å². The summed E-state index contributed by atoms with van der Waals surface area (Å²) in [5, 5.41) is 0. The van der Waals surface area contributed by atoms with E-state index in [2.05, 4.69) is 4.98 Å². The fourth-order valence-corrected chi connectivity index (χ4v) is 2.00. The zero-order valence-corrected chi connectivity index (χ0v) is 11.8. The van der Waals surface area contributed by atoms with E-state index < -0.39 is 0 Å². The average Bonchev–Trinajstić information content (AvgIpc) is 2.48. The molecule has 2 aromatic rings. The number of pyridine rings is 1. The van der Waals surface area contributed by atoms with Crippen LogP contribution in [0.15, 0.2) is 48.7 Å². The lowest BCUT2D eigenvalue weighted by molar-refractivity contribution is 0.0230. The van der Waals surface area contributed by atoms with Crippen LogP contribution >= 0.6 is 0 Å². The third-order valence-electron chi connectivity index (χ3n) is 3.02. The Morgan fingerprint density at radius 2 is 2.05 bits per heavy atom. The van der Waals surface area contributed by atoms with E-state index in [1.807, 2.05) is 49.4 Å². The monoisotopic (exact) mass is 272 g/mol. The van der Waals surface area contributed by atoms with Gasteiger partial charge in [0.15, 0.2) is 0 Å². The summed E-state index contributed by atoms with van der Waals surface area (Å²) in [7, 11) is 1.65. The van der Waals surface area contributed by atoms with Crippen LogP contribution in [0.4, 0.5) is 0 Å². The molecule has 106 valence electrons. The van der Waals surface area contributed by atoms with E-state index in [-0.39, 0.29) is 12.1 Å².